The van der Waals surface area contributed by atoms with E-state index in [1.54, 1.807) is 0 Å². The topological polar surface area (TPSA) is 83.6 Å². The molecule has 2 aliphatic heterocycles. The van der Waals surface area contributed by atoms with Crippen LogP contribution in [0.5, 0.6) is 0 Å². The molecule has 166 valence electrons. The average molecular weight is 467 g/mol. The van der Waals surface area contributed by atoms with Gasteiger partial charge in [0.2, 0.25) is 17.6 Å². The molecule has 0 bridgehead atoms. The van der Waals surface area contributed by atoms with E-state index in [1.165, 1.54) is 30.3 Å². The lowest BCUT2D eigenvalue weighted by molar-refractivity contribution is -0.144. The number of hydrogen-bond acceptors (Lipinski definition) is 4. The highest BCUT2D eigenvalue weighted by Crippen LogP contribution is 2.32. The Balaban J connectivity index is 1.56. The van der Waals surface area contributed by atoms with Crippen LogP contribution in [-0.4, -0.2) is 34.4 Å². The Morgan fingerprint density at radius 2 is 1.97 bits per heavy atom. The quantitative estimate of drug-likeness (QED) is 0.661. The zero-order valence-corrected chi connectivity index (χ0v) is 17.1. The van der Waals surface area contributed by atoms with E-state index in [4.69, 9.17) is 19.9 Å². The zero-order chi connectivity index (χ0) is 28.4. The lowest BCUT2D eigenvalue weighted by Crippen LogP contribution is -2.52. The first-order valence-corrected chi connectivity index (χ1v) is 9.84. The van der Waals surface area contributed by atoms with Crippen LogP contribution in [0, 0.1) is 0 Å². The first-order valence-electron chi connectivity index (χ1n) is 12.4. The van der Waals surface area contributed by atoms with Gasteiger partial charge >= 0.3 is 5.92 Å². The van der Waals surface area contributed by atoms with E-state index in [1.807, 2.05) is 0 Å². The molecule has 1 saturated heterocycles. The Hall–Kier alpha value is -3.13. The van der Waals surface area contributed by atoms with Crippen LogP contribution < -0.4 is 5.31 Å². The third-order valence-electron chi connectivity index (χ3n) is 5.13. The SMILES string of the molecule is [2H]N1C(=O)C([2H])([2H])C([2H])([2H])C([2H])(N2Cc3cc(CCC(=O)C(F)(F)c4ccc(Cl)cc4)ccc3C2=O)C1=O. The lowest BCUT2D eigenvalue weighted by Gasteiger charge is -2.29. The van der Waals surface area contributed by atoms with Crippen LogP contribution in [0.25, 0.3) is 0 Å². The van der Waals surface area contributed by atoms with E-state index in [2.05, 4.69) is 0 Å². The predicted octanol–water partition coefficient (Wildman–Crippen LogP) is 3.39. The minimum Gasteiger partial charge on any atom is -0.322 e. The summed E-state index contributed by atoms with van der Waals surface area (Å²) in [6.07, 6.45) is -7.70. The molecule has 0 aromatic heterocycles. The zero-order valence-electron chi connectivity index (χ0n) is 22.3. The van der Waals surface area contributed by atoms with Crippen LogP contribution in [0.3, 0.4) is 0 Å². The van der Waals surface area contributed by atoms with Crippen molar-refractivity contribution in [3.8, 4) is 0 Å². The summed E-state index contributed by atoms with van der Waals surface area (Å²) in [6.45, 7) is -0.552. The number of hydrogen-bond donors (Lipinski definition) is 1. The van der Waals surface area contributed by atoms with Gasteiger partial charge < -0.3 is 4.90 Å². The van der Waals surface area contributed by atoms with Crippen LogP contribution in [0.2, 0.25) is 6.43 Å². The smallest absolute Gasteiger partial charge is 0.322 e. The van der Waals surface area contributed by atoms with E-state index in [9.17, 15) is 28.0 Å². The van der Waals surface area contributed by atoms with Crippen molar-refractivity contribution in [2.24, 2.45) is 0 Å². The van der Waals surface area contributed by atoms with Crippen LogP contribution in [0.1, 0.15) is 53.1 Å². The van der Waals surface area contributed by atoms with E-state index in [0.717, 1.165) is 12.1 Å². The summed E-state index contributed by atoms with van der Waals surface area (Å²) >= 11 is 5.71. The predicted molar refractivity (Wildman–Crippen MR) is 111 cm³/mol. The van der Waals surface area contributed by atoms with Gasteiger partial charge in [0.25, 0.3) is 5.91 Å². The molecule has 0 aliphatic carbocycles. The third-order valence-corrected chi connectivity index (χ3v) is 5.39. The standard InChI is InChI=1S/C23H19ClF2N2O4/c24-16-5-3-15(4-6-16)23(25,26)19(29)9-2-13-1-7-17-14(11-13)12-28(22(17)32)18-8-10-20(30)27-21(18)31/h1,3-7,11,18H,2,8-10,12H2,(H,27,30,31)/i8D2,10D2,18D/hD. The Kier molecular flexibility index (Phi) is 4.12. The second-order valence-electron chi connectivity index (χ2n) is 7.21. The number of ketones is 1. The van der Waals surface area contributed by atoms with Crippen molar-refractivity contribution < 1.29 is 36.2 Å². The van der Waals surface area contributed by atoms with Crippen molar-refractivity contribution in [2.75, 3.05) is 0 Å². The number of rotatable bonds is 6. The van der Waals surface area contributed by atoms with Gasteiger partial charge in [-0.2, -0.15) is 8.78 Å². The second-order valence-corrected chi connectivity index (χ2v) is 7.64. The average Bonchev–Trinajstić information content (AvgIpc) is 3.20. The number of fused-ring (bicyclic) bond motifs is 1. The van der Waals surface area contributed by atoms with E-state index >= 15 is 0 Å². The molecule has 2 aliphatic rings. The number of aryl methyl sites for hydroxylation is 1. The van der Waals surface area contributed by atoms with Crippen LogP contribution >= 0.6 is 11.6 Å². The highest BCUT2D eigenvalue weighted by atomic mass is 35.5. The van der Waals surface area contributed by atoms with Gasteiger partial charge in [-0.1, -0.05) is 35.9 Å². The van der Waals surface area contributed by atoms with Crippen molar-refractivity contribution in [2.45, 2.75) is 44.1 Å². The van der Waals surface area contributed by atoms with E-state index < -0.39 is 72.0 Å². The Labute approximate surface area is 196 Å². The summed E-state index contributed by atoms with van der Waals surface area (Å²) in [4.78, 5) is 50.6. The molecule has 2 aromatic rings. The molecule has 6 nitrogen and oxygen atoms in total. The van der Waals surface area contributed by atoms with Crippen LogP contribution in [0.15, 0.2) is 42.5 Å². The molecule has 0 spiro atoms. The molecule has 1 fully saturated rings. The van der Waals surface area contributed by atoms with Crippen LogP contribution in [0.4, 0.5) is 8.78 Å². The number of alkyl halides is 2. The number of benzene rings is 2. The number of Topliss-reactive ketones (excluding diaryl/α,β-unsaturated/α-hetero) is 1. The monoisotopic (exact) mass is 466 g/mol. The summed E-state index contributed by atoms with van der Waals surface area (Å²) in [5.41, 5.74) is -0.0382. The second kappa shape index (κ2) is 8.43. The van der Waals surface area contributed by atoms with Crippen LogP contribution in [-0.2, 0) is 33.3 Å². The van der Waals surface area contributed by atoms with Gasteiger partial charge in [-0.3, -0.25) is 24.5 Å². The fourth-order valence-electron chi connectivity index (χ4n) is 3.47. The van der Waals surface area contributed by atoms with Gasteiger partial charge in [-0.05, 0) is 42.1 Å². The van der Waals surface area contributed by atoms with E-state index in [-0.39, 0.29) is 22.6 Å². The van der Waals surface area contributed by atoms with Gasteiger partial charge in [0.15, 0.2) is 1.41 Å². The number of halogens is 3. The first kappa shape index (κ1) is 15.6. The number of imide groups is 1. The molecule has 3 amide bonds. The number of carbonyl (C=O) groups is 4. The number of piperidine rings is 1. The minimum absolute atomic E-state index is 0.0595. The number of carbonyl (C=O) groups excluding carboxylic acids is 4. The molecule has 0 saturated carbocycles. The first-order chi connectivity index (χ1) is 17.5. The van der Waals surface area contributed by atoms with Gasteiger partial charge in [-0.15, -0.1) is 0 Å². The van der Waals surface area contributed by atoms with Crippen molar-refractivity contribution in [3.05, 3.63) is 69.7 Å². The van der Waals surface area contributed by atoms with Gasteiger partial charge in [0, 0.05) is 41.0 Å². The summed E-state index contributed by atoms with van der Waals surface area (Å²) in [7, 11) is 0. The Morgan fingerprint density at radius 1 is 1.25 bits per heavy atom. The van der Waals surface area contributed by atoms with Crippen molar-refractivity contribution in [1.29, 1.82) is 0 Å². The molecule has 2 heterocycles. The Bertz CT molecular complexity index is 1370. The minimum atomic E-state index is -3.77. The highest BCUT2D eigenvalue weighted by Gasteiger charge is 2.41. The highest BCUT2D eigenvalue weighted by molar-refractivity contribution is 6.30. The largest absolute Gasteiger partial charge is 0.330 e. The maximum Gasteiger partial charge on any atom is 0.330 e. The molecular weight excluding hydrogens is 442 g/mol. The Morgan fingerprint density at radius 3 is 2.69 bits per heavy atom. The van der Waals surface area contributed by atoms with Crippen molar-refractivity contribution in [1.82, 2.24) is 10.2 Å². The number of amides is 3. The summed E-state index contributed by atoms with van der Waals surface area (Å²) in [6, 6.07) is 5.30. The van der Waals surface area contributed by atoms with E-state index in [0.29, 0.717) is 10.5 Å². The molecular formula is C23H19ClF2N2O4. The summed E-state index contributed by atoms with van der Waals surface area (Å²) < 4.78 is 77.2. The normalized spacial score (nSPS) is 27.0. The molecule has 9 heteroatoms. The molecule has 1 unspecified atom stereocenters. The maximum absolute atomic E-state index is 14.6. The number of nitrogens with zero attached hydrogens (tertiary/aromatic N) is 1. The fraction of sp³-hybridized carbons (Fsp3) is 0.304. The maximum atomic E-state index is 14.6. The van der Waals surface area contributed by atoms with Gasteiger partial charge in [-0.25, -0.2) is 0 Å². The summed E-state index contributed by atoms with van der Waals surface area (Å²) in [5, 5.41) is -0.225. The fourth-order valence-corrected chi connectivity index (χ4v) is 3.59. The molecule has 1 atom stereocenters. The van der Waals surface area contributed by atoms with Crippen molar-refractivity contribution in [3.63, 3.8) is 0 Å². The molecule has 0 radical (unpaired) electrons. The number of nitrogens with one attached hydrogen (secondary N) is 1. The van der Waals surface area contributed by atoms with Gasteiger partial charge in [0.1, 0.15) is 6.02 Å². The molecule has 1 N–H and O–H groups in total. The van der Waals surface area contributed by atoms with Gasteiger partial charge in [0.05, 0.1) is 1.37 Å². The molecule has 2 aromatic carbocycles. The van der Waals surface area contributed by atoms with Crippen molar-refractivity contribution >= 4 is 35.1 Å². The summed E-state index contributed by atoms with van der Waals surface area (Å²) in [5.74, 6) is -9.67. The molecule has 32 heavy (non-hydrogen) atoms. The molecule has 4 rings (SSSR count). The third kappa shape index (κ3) is 4.14. The lowest BCUT2D eigenvalue weighted by atomic mass is 9.97.